The highest BCUT2D eigenvalue weighted by Gasteiger charge is 2.29. The van der Waals surface area contributed by atoms with Crippen molar-refractivity contribution in [2.75, 3.05) is 5.09 Å². The third-order valence-electron chi connectivity index (χ3n) is 4.31. The second-order valence-electron chi connectivity index (χ2n) is 6.40. The maximum Gasteiger partial charge on any atom is 0.446 e. The van der Waals surface area contributed by atoms with E-state index in [1.807, 2.05) is 60.7 Å². The van der Waals surface area contributed by atoms with Crippen molar-refractivity contribution >= 4 is 30.0 Å². The Hall–Kier alpha value is -3.56. The summed E-state index contributed by atoms with van der Waals surface area (Å²) in [5.74, 6) is -0.0687. The molecule has 29 heavy (non-hydrogen) atoms. The fourth-order valence-electron chi connectivity index (χ4n) is 2.96. The zero-order valence-electron chi connectivity index (χ0n) is 15.5. The van der Waals surface area contributed by atoms with Crippen molar-refractivity contribution in [3.8, 4) is 5.75 Å². The van der Waals surface area contributed by atoms with E-state index >= 15 is 0 Å². The number of benzene rings is 4. The lowest BCUT2D eigenvalue weighted by molar-refractivity contribution is 0.0978. The van der Waals surface area contributed by atoms with Crippen LogP contribution in [-0.2, 0) is 4.57 Å². The quantitative estimate of drug-likeness (QED) is 0.396. The lowest BCUT2D eigenvalue weighted by Crippen LogP contribution is -2.26. The largest absolute Gasteiger partial charge is 0.446 e. The zero-order chi connectivity index (χ0) is 20.1. The highest BCUT2D eigenvalue weighted by atomic mass is 31.2. The number of fused-ring (bicyclic) bond motifs is 1. The molecule has 0 aromatic heterocycles. The lowest BCUT2D eigenvalue weighted by Gasteiger charge is -2.22. The zero-order valence-corrected chi connectivity index (χ0v) is 16.4. The highest BCUT2D eigenvalue weighted by molar-refractivity contribution is 7.59. The molecule has 0 aliphatic heterocycles. The maximum atomic E-state index is 13.7. The topological polar surface area (TPSA) is 67.4 Å². The predicted octanol–water partition coefficient (Wildman–Crippen LogP) is 5.87. The number of anilines is 1. The minimum Gasteiger partial charge on any atom is -0.413 e. The lowest BCUT2D eigenvalue weighted by atomic mass is 10.1. The van der Waals surface area contributed by atoms with Crippen LogP contribution >= 0.6 is 7.67 Å². The average Bonchev–Trinajstić information content (AvgIpc) is 2.75. The van der Waals surface area contributed by atoms with E-state index in [0.29, 0.717) is 17.0 Å². The van der Waals surface area contributed by atoms with E-state index in [1.165, 1.54) is 0 Å². The van der Waals surface area contributed by atoms with Crippen molar-refractivity contribution in [2.45, 2.75) is 0 Å². The van der Waals surface area contributed by atoms with Gasteiger partial charge in [0.25, 0.3) is 5.91 Å². The van der Waals surface area contributed by atoms with Crippen LogP contribution in [0.3, 0.4) is 0 Å². The first-order valence-electron chi connectivity index (χ1n) is 9.11. The molecular weight excluding hydrogens is 383 g/mol. The van der Waals surface area contributed by atoms with Crippen LogP contribution in [0.2, 0.25) is 0 Å². The molecule has 2 N–H and O–H groups in total. The molecule has 0 radical (unpaired) electrons. The molecule has 0 saturated carbocycles. The van der Waals surface area contributed by atoms with Crippen LogP contribution in [0.4, 0.5) is 5.69 Å². The number of para-hydroxylation sites is 1. The summed E-state index contributed by atoms with van der Waals surface area (Å²) in [4.78, 5) is 12.7. The molecule has 4 aromatic rings. The molecular formula is C23H19N2O3P. The van der Waals surface area contributed by atoms with Crippen LogP contribution in [0.1, 0.15) is 10.4 Å². The molecule has 1 amide bonds. The molecule has 5 nitrogen and oxygen atoms in total. The van der Waals surface area contributed by atoms with Crippen molar-refractivity contribution < 1.29 is 13.9 Å². The van der Waals surface area contributed by atoms with Gasteiger partial charge in [-0.05, 0) is 35.7 Å². The van der Waals surface area contributed by atoms with E-state index in [9.17, 15) is 9.36 Å². The fraction of sp³-hybridized carbons (Fsp3) is 0. The molecule has 0 aliphatic carbocycles. The summed E-state index contributed by atoms with van der Waals surface area (Å²) in [5.41, 5.74) is 0.966. The van der Waals surface area contributed by atoms with Crippen LogP contribution in [0.15, 0.2) is 103 Å². The van der Waals surface area contributed by atoms with Gasteiger partial charge in [-0.25, -0.2) is 4.57 Å². The standard InChI is InChI=1S/C23H19N2O3P/c26-23(19-11-3-1-4-12-19)25-29(27,24-20-14-5-2-6-15-20)28-22-17-9-13-18-10-7-8-16-21(18)22/h1-17H,(H2,24,25,26,27). The van der Waals surface area contributed by atoms with Crippen LogP contribution in [0.25, 0.3) is 10.8 Å². The first-order chi connectivity index (χ1) is 14.1. The Labute approximate surface area is 168 Å². The molecule has 0 spiro atoms. The SMILES string of the molecule is O=C(NP(=O)(Nc1ccccc1)Oc1cccc2ccccc12)c1ccccc1. The van der Waals surface area contributed by atoms with Gasteiger partial charge in [-0.3, -0.25) is 15.0 Å². The molecule has 144 valence electrons. The number of amides is 1. The summed E-state index contributed by atoms with van der Waals surface area (Å²) in [5, 5.41) is 7.18. The van der Waals surface area contributed by atoms with Crippen LogP contribution in [0, 0.1) is 0 Å². The normalized spacial score (nSPS) is 12.7. The smallest absolute Gasteiger partial charge is 0.413 e. The van der Waals surface area contributed by atoms with Crippen molar-refractivity contribution in [1.29, 1.82) is 0 Å². The Balaban J connectivity index is 1.69. The molecule has 4 rings (SSSR count). The Morgan fingerprint density at radius 2 is 1.34 bits per heavy atom. The van der Waals surface area contributed by atoms with Crippen LogP contribution < -0.4 is 14.7 Å². The van der Waals surface area contributed by atoms with E-state index in [2.05, 4.69) is 10.2 Å². The van der Waals surface area contributed by atoms with Crippen LogP contribution in [-0.4, -0.2) is 5.91 Å². The van der Waals surface area contributed by atoms with Crippen LogP contribution in [0.5, 0.6) is 5.75 Å². The summed E-state index contributed by atoms with van der Waals surface area (Å²) < 4.78 is 19.6. The molecule has 0 aliphatic rings. The summed E-state index contributed by atoms with van der Waals surface area (Å²) in [7, 11) is -3.84. The van der Waals surface area contributed by atoms with Gasteiger partial charge in [0.15, 0.2) is 0 Å². The van der Waals surface area contributed by atoms with Crippen molar-refractivity contribution in [2.24, 2.45) is 0 Å². The van der Waals surface area contributed by atoms with Crippen molar-refractivity contribution in [3.05, 3.63) is 109 Å². The summed E-state index contributed by atoms with van der Waals surface area (Å²) >= 11 is 0. The number of carbonyl (C=O) groups is 1. The van der Waals surface area contributed by atoms with Gasteiger partial charge in [-0.15, -0.1) is 0 Å². The van der Waals surface area contributed by atoms with Gasteiger partial charge in [-0.2, -0.15) is 0 Å². The third kappa shape index (κ3) is 4.48. The van der Waals surface area contributed by atoms with Gasteiger partial charge in [0.05, 0.1) is 0 Å². The number of hydrogen-bond acceptors (Lipinski definition) is 3. The minimum atomic E-state index is -3.84. The molecule has 4 aromatic carbocycles. The van der Waals surface area contributed by atoms with E-state index in [-0.39, 0.29) is 0 Å². The Bertz CT molecular complexity index is 1180. The van der Waals surface area contributed by atoms with E-state index in [1.54, 1.807) is 42.5 Å². The molecule has 0 heterocycles. The molecule has 6 heteroatoms. The average molecular weight is 402 g/mol. The summed E-state index contributed by atoms with van der Waals surface area (Å²) in [6, 6.07) is 30.7. The Morgan fingerprint density at radius 3 is 2.10 bits per heavy atom. The first kappa shape index (κ1) is 18.8. The van der Waals surface area contributed by atoms with Gasteiger partial charge in [0.2, 0.25) is 0 Å². The van der Waals surface area contributed by atoms with Gasteiger partial charge < -0.3 is 4.52 Å². The molecule has 0 saturated heterocycles. The molecule has 0 fully saturated rings. The monoisotopic (exact) mass is 402 g/mol. The second-order valence-corrected chi connectivity index (χ2v) is 8.14. The Morgan fingerprint density at radius 1 is 0.724 bits per heavy atom. The molecule has 0 bridgehead atoms. The summed E-state index contributed by atoms with van der Waals surface area (Å²) in [6.07, 6.45) is 0. The number of carbonyl (C=O) groups excluding carboxylic acids is 1. The van der Waals surface area contributed by atoms with E-state index in [0.717, 1.165) is 10.8 Å². The number of nitrogens with one attached hydrogen (secondary N) is 2. The van der Waals surface area contributed by atoms with Gasteiger partial charge in [0.1, 0.15) is 5.75 Å². The van der Waals surface area contributed by atoms with Gasteiger partial charge in [0, 0.05) is 16.6 Å². The van der Waals surface area contributed by atoms with E-state index in [4.69, 9.17) is 4.52 Å². The molecule has 1 unspecified atom stereocenters. The first-order valence-corrected chi connectivity index (χ1v) is 10.7. The van der Waals surface area contributed by atoms with Crippen molar-refractivity contribution in [1.82, 2.24) is 5.09 Å². The number of rotatable bonds is 6. The highest BCUT2D eigenvalue weighted by Crippen LogP contribution is 2.45. The second kappa shape index (κ2) is 8.21. The van der Waals surface area contributed by atoms with Gasteiger partial charge in [-0.1, -0.05) is 72.8 Å². The maximum absolute atomic E-state index is 13.7. The number of hydrogen-bond donors (Lipinski definition) is 2. The van der Waals surface area contributed by atoms with Crippen molar-refractivity contribution in [3.63, 3.8) is 0 Å². The minimum absolute atomic E-state index is 0.393. The summed E-state index contributed by atoms with van der Waals surface area (Å²) in [6.45, 7) is 0. The van der Waals surface area contributed by atoms with Gasteiger partial charge >= 0.3 is 7.67 Å². The Kier molecular flexibility index (Phi) is 5.32. The fourth-order valence-corrected chi connectivity index (χ4v) is 4.43. The predicted molar refractivity (Wildman–Crippen MR) is 116 cm³/mol. The third-order valence-corrected chi connectivity index (χ3v) is 5.82. The molecule has 1 atom stereocenters. The van der Waals surface area contributed by atoms with E-state index < -0.39 is 13.6 Å².